The number of aromatic nitrogens is 1. The zero-order valence-electron chi connectivity index (χ0n) is 21.1. The maximum atomic E-state index is 12.7. The number of nitrogen functional groups attached to an aromatic ring is 1. The summed E-state index contributed by atoms with van der Waals surface area (Å²) in [7, 11) is 0. The van der Waals surface area contributed by atoms with E-state index >= 15 is 0 Å². The Kier molecular flexibility index (Phi) is 7.75. The number of nitrogens with two attached hydrogens (primary N) is 1. The molecular formula is C26H32BrN5O3S. The summed E-state index contributed by atoms with van der Waals surface area (Å²) < 4.78 is 6.35. The third-order valence-electron chi connectivity index (χ3n) is 5.99. The van der Waals surface area contributed by atoms with Crippen molar-refractivity contribution in [2.45, 2.75) is 39.7 Å². The van der Waals surface area contributed by atoms with Gasteiger partial charge < -0.3 is 25.6 Å². The molecule has 0 aliphatic carbocycles. The van der Waals surface area contributed by atoms with Crippen molar-refractivity contribution in [2.75, 3.05) is 43.4 Å². The van der Waals surface area contributed by atoms with Crippen LogP contribution in [0.4, 0.5) is 16.2 Å². The zero-order valence-corrected chi connectivity index (χ0v) is 23.5. The highest BCUT2D eigenvalue weighted by molar-refractivity contribution is 9.10. The minimum atomic E-state index is -0.484. The van der Waals surface area contributed by atoms with E-state index in [4.69, 9.17) is 10.5 Å². The predicted molar refractivity (Wildman–Crippen MR) is 149 cm³/mol. The zero-order chi connectivity index (χ0) is 26.0. The largest absolute Gasteiger partial charge is 0.444 e. The SMILES string of the molecule is Cc1nc2sc(C(=O)NCCc3ccc(N4CCN(C(=O)OC(C)(C)C)CC4)cc3)c(N)c2cc1Br. The molecule has 1 fully saturated rings. The van der Waals surface area contributed by atoms with E-state index < -0.39 is 5.60 Å². The van der Waals surface area contributed by atoms with Gasteiger partial charge in [0.1, 0.15) is 15.3 Å². The summed E-state index contributed by atoms with van der Waals surface area (Å²) >= 11 is 4.79. The molecular weight excluding hydrogens is 542 g/mol. The molecule has 0 radical (unpaired) electrons. The second-order valence-electron chi connectivity index (χ2n) is 9.88. The third kappa shape index (κ3) is 6.10. The molecule has 36 heavy (non-hydrogen) atoms. The van der Waals surface area contributed by atoms with Crippen LogP contribution in [0.2, 0.25) is 0 Å². The summed E-state index contributed by atoms with van der Waals surface area (Å²) in [5.41, 5.74) is 9.35. The van der Waals surface area contributed by atoms with Crippen LogP contribution in [0.1, 0.15) is 41.7 Å². The Hall–Kier alpha value is -2.85. The molecule has 10 heteroatoms. The van der Waals surface area contributed by atoms with Crippen molar-refractivity contribution in [3.05, 3.63) is 50.9 Å². The molecule has 1 aliphatic rings. The number of carbonyl (C=O) groups excluding carboxylic acids is 2. The van der Waals surface area contributed by atoms with Gasteiger partial charge in [0.15, 0.2) is 0 Å². The molecule has 1 aromatic carbocycles. The number of hydrogen-bond acceptors (Lipinski definition) is 7. The monoisotopic (exact) mass is 573 g/mol. The fourth-order valence-electron chi connectivity index (χ4n) is 4.02. The number of piperazine rings is 1. The fraction of sp³-hybridized carbons (Fsp3) is 0.423. The highest BCUT2D eigenvalue weighted by Crippen LogP contribution is 2.34. The van der Waals surface area contributed by atoms with Crippen molar-refractivity contribution in [1.29, 1.82) is 0 Å². The summed E-state index contributed by atoms with van der Waals surface area (Å²) in [5, 5.41) is 3.78. The number of carbonyl (C=O) groups is 2. The summed E-state index contributed by atoms with van der Waals surface area (Å²) in [4.78, 5) is 34.8. The number of amides is 2. The summed E-state index contributed by atoms with van der Waals surface area (Å²) in [6.45, 7) is 10.9. The van der Waals surface area contributed by atoms with Crippen LogP contribution in [0.3, 0.4) is 0 Å². The molecule has 2 amide bonds. The second kappa shape index (κ2) is 10.6. The number of pyridine rings is 1. The van der Waals surface area contributed by atoms with Gasteiger partial charge in [0.05, 0.1) is 11.4 Å². The summed E-state index contributed by atoms with van der Waals surface area (Å²) in [5.74, 6) is -0.177. The van der Waals surface area contributed by atoms with Crippen molar-refractivity contribution >= 4 is 60.9 Å². The van der Waals surface area contributed by atoms with Gasteiger partial charge in [0, 0.05) is 48.3 Å². The Morgan fingerprint density at radius 2 is 1.83 bits per heavy atom. The van der Waals surface area contributed by atoms with Crippen LogP contribution in [0.15, 0.2) is 34.8 Å². The normalized spacial score (nSPS) is 14.2. The van der Waals surface area contributed by atoms with Crippen LogP contribution in [-0.2, 0) is 11.2 Å². The third-order valence-corrected chi connectivity index (χ3v) is 7.90. The number of halogens is 1. The van der Waals surface area contributed by atoms with E-state index in [2.05, 4.69) is 55.4 Å². The molecule has 1 aliphatic heterocycles. The van der Waals surface area contributed by atoms with Crippen LogP contribution in [-0.4, -0.2) is 60.2 Å². The average Bonchev–Trinajstić information content (AvgIpc) is 3.14. The highest BCUT2D eigenvalue weighted by Gasteiger charge is 2.26. The number of rotatable bonds is 5. The number of fused-ring (bicyclic) bond motifs is 1. The summed E-state index contributed by atoms with van der Waals surface area (Å²) in [6, 6.07) is 10.3. The standard InChI is InChI=1S/C26H32BrN5O3S/c1-16-20(27)15-19-21(28)22(36-24(19)30-16)23(33)29-10-9-17-5-7-18(8-6-17)31-11-13-32(14-12-31)25(34)35-26(2,3)4/h5-8,15H,9-14,28H2,1-4H3,(H,29,33). The Labute approximate surface area is 223 Å². The molecule has 3 N–H and O–H groups in total. The van der Waals surface area contributed by atoms with E-state index in [-0.39, 0.29) is 12.0 Å². The van der Waals surface area contributed by atoms with Gasteiger partial charge in [0.2, 0.25) is 0 Å². The molecule has 2 aromatic heterocycles. The number of thiophene rings is 1. The molecule has 1 saturated heterocycles. The fourth-order valence-corrected chi connectivity index (χ4v) is 5.38. The van der Waals surface area contributed by atoms with Crippen molar-refractivity contribution in [3.8, 4) is 0 Å². The summed E-state index contributed by atoms with van der Waals surface area (Å²) in [6.07, 6.45) is 0.461. The molecule has 0 unspecified atom stereocenters. The number of nitrogens with one attached hydrogen (secondary N) is 1. The number of benzene rings is 1. The minimum Gasteiger partial charge on any atom is -0.444 e. The first kappa shape index (κ1) is 26.2. The van der Waals surface area contributed by atoms with Crippen LogP contribution in [0.25, 0.3) is 10.2 Å². The molecule has 3 heterocycles. The van der Waals surface area contributed by atoms with Crippen molar-refractivity contribution in [2.24, 2.45) is 0 Å². The Morgan fingerprint density at radius 1 is 1.17 bits per heavy atom. The smallest absolute Gasteiger partial charge is 0.410 e. The molecule has 4 rings (SSSR count). The van der Waals surface area contributed by atoms with Gasteiger partial charge >= 0.3 is 6.09 Å². The molecule has 8 nitrogen and oxygen atoms in total. The molecule has 0 saturated carbocycles. The van der Waals surface area contributed by atoms with Gasteiger partial charge in [-0.15, -0.1) is 11.3 Å². The van der Waals surface area contributed by atoms with Gasteiger partial charge in [-0.25, -0.2) is 9.78 Å². The second-order valence-corrected chi connectivity index (χ2v) is 11.7. The maximum Gasteiger partial charge on any atom is 0.410 e. The van der Waals surface area contributed by atoms with Crippen molar-refractivity contribution < 1.29 is 14.3 Å². The Morgan fingerprint density at radius 3 is 2.47 bits per heavy atom. The average molecular weight is 575 g/mol. The number of anilines is 2. The van der Waals surface area contributed by atoms with Gasteiger partial charge in [-0.05, 0) is 73.8 Å². The minimum absolute atomic E-state index is 0.177. The molecule has 192 valence electrons. The molecule has 0 atom stereocenters. The van der Waals surface area contributed by atoms with Gasteiger partial charge in [-0.2, -0.15) is 0 Å². The lowest BCUT2D eigenvalue weighted by molar-refractivity contribution is 0.0240. The van der Waals surface area contributed by atoms with Crippen LogP contribution in [0.5, 0.6) is 0 Å². The number of ether oxygens (including phenoxy) is 1. The van der Waals surface area contributed by atoms with E-state index in [0.29, 0.717) is 36.6 Å². The van der Waals surface area contributed by atoms with E-state index in [9.17, 15) is 9.59 Å². The van der Waals surface area contributed by atoms with Gasteiger partial charge in [-0.3, -0.25) is 4.79 Å². The van der Waals surface area contributed by atoms with Crippen LogP contribution >= 0.6 is 27.3 Å². The highest BCUT2D eigenvalue weighted by atomic mass is 79.9. The lowest BCUT2D eigenvalue weighted by atomic mass is 10.1. The van der Waals surface area contributed by atoms with Crippen LogP contribution < -0.4 is 16.0 Å². The maximum absolute atomic E-state index is 12.7. The molecule has 0 bridgehead atoms. The lowest BCUT2D eigenvalue weighted by Gasteiger charge is -2.36. The van der Waals surface area contributed by atoms with Gasteiger partial charge in [-0.1, -0.05) is 12.1 Å². The van der Waals surface area contributed by atoms with Crippen LogP contribution in [0, 0.1) is 6.92 Å². The van der Waals surface area contributed by atoms with E-state index in [1.54, 1.807) is 4.90 Å². The quantitative estimate of drug-likeness (QED) is 0.446. The molecule has 0 spiro atoms. The Bertz CT molecular complexity index is 1260. The first-order valence-corrected chi connectivity index (χ1v) is 13.6. The lowest BCUT2D eigenvalue weighted by Crippen LogP contribution is -2.50. The number of aryl methyl sites for hydroxylation is 1. The van der Waals surface area contributed by atoms with E-state index in [1.165, 1.54) is 11.3 Å². The first-order chi connectivity index (χ1) is 17.0. The predicted octanol–water partition coefficient (Wildman–Crippen LogP) is 4.98. The first-order valence-electron chi connectivity index (χ1n) is 12.0. The number of nitrogens with zero attached hydrogens (tertiary/aromatic N) is 3. The van der Waals surface area contributed by atoms with Crippen molar-refractivity contribution in [3.63, 3.8) is 0 Å². The van der Waals surface area contributed by atoms with Gasteiger partial charge in [0.25, 0.3) is 5.91 Å². The topological polar surface area (TPSA) is 101 Å². The molecule has 3 aromatic rings. The Balaban J connectivity index is 1.27. The number of hydrogen-bond donors (Lipinski definition) is 2. The van der Waals surface area contributed by atoms with E-state index in [0.717, 1.165) is 44.7 Å². The van der Waals surface area contributed by atoms with E-state index in [1.807, 2.05) is 33.8 Å². The van der Waals surface area contributed by atoms with Crippen molar-refractivity contribution in [1.82, 2.24) is 15.2 Å².